The van der Waals surface area contributed by atoms with E-state index in [-0.39, 0.29) is 18.5 Å². The van der Waals surface area contributed by atoms with Crippen molar-refractivity contribution in [2.75, 3.05) is 6.54 Å². The van der Waals surface area contributed by atoms with Crippen molar-refractivity contribution >= 4 is 17.5 Å². The van der Waals surface area contributed by atoms with E-state index < -0.39 is 5.54 Å². The Bertz CT molecular complexity index is 548. The molecule has 1 aromatic carbocycles. The minimum absolute atomic E-state index is 0.0438. The zero-order chi connectivity index (χ0) is 15.5. The molecule has 21 heavy (non-hydrogen) atoms. The van der Waals surface area contributed by atoms with Crippen molar-refractivity contribution in [2.45, 2.75) is 38.3 Å². The Morgan fingerprint density at radius 1 is 1.48 bits per heavy atom. The van der Waals surface area contributed by atoms with Crippen LogP contribution in [-0.4, -0.2) is 18.0 Å². The molecule has 2 N–H and O–H groups in total. The van der Waals surface area contributed by atoms with E-state index in [9.17, 15) is 10.1 Å². The SMILES string of the molecule is C[C@@H](NCC(=O)N[C@@](C)(C#N)C1CC1)c1ccc(Cl)cc1. The number of halogens is 1. The monoisotopic (exact) mass is 305 g/mol. The van der Waals surface area contributed by atoms with Crippen LogP contribution in [0.1, 0.15) is 38.3 Å². The van der Waals surface area contributed by atoms with Gasteiger partial charge in [0.25, 0.3) is 0 Å². The van der Waals surface area contributed by atoms with Gasteiger partial charge in [-0.2, -0.15) is 5.26 Å². The van der Waals surface area contributed by atoms with Gasteiger partial charge in [0.15, 0.2) is 0 Å². The Hall–Kier alpha value is -1.57. The minimum Gasteiger partial charge on any atom is -0.337 e. The number of carbonyl (C=O) groups excluding carboxylic acids is 1. The van der Waals surface area contributed by atoms with Crippen LogP contribution in [0.25, 0.3) is 0 Å². The Morgan fingerprint density at radius 2 is 2.10 bits per heavy atom. The third kappa shape index (κ3) is 4.20. The lowest BCUT2D eigenvalue weighted by Gasteiger charge is -2.23. The van der Waals surface area contributed by atoms with E-state index in [0.717, 1.165) is 18.4 Å². The molecule has 0 aliphatic heterocycles. The summed E-state index contributed by atoms with van der Waals surface area (Å²) >= 11 is 5.85. The van der Waals surface area contributed by atoms with Gasteiger partial charge in [0, 0.05) is 11.1 Å². The molecule has 1 aromatic rings. The summed E-state index contributed by atoms with van der Waals surface area (Å²) in [5.41, 5.74) is 0.333. The van der Waals surface area contributed by atoms with Crippen molar-refractivity contribution < 1.29 is 4.79 Å². The van der Waals surface area contributed by atoms with Gasteiger partial charge < -0.3 is 10.6 Å². The van der Waals surface area contributed by atoms with Gasteiger partial charge in [0.2, 0.25) is 5.91 Å². The molecule has 1 aliphatic rings. The fourth-order valence-corrected chi connectivity index (χ4v) is 2.46. The molecule has 0 aromatic heterocycles. The van der Waals surface area contributed by atoms with Crippen LogP contribution in [0.15, 0.2) is 24.3 Å². The summed E-state index contributed by atoms with van der Waals surface area (Å²) in [4.78, 5) is 12.0. The van der Waals surface area contributed by atoms with Crippen LogP contribution in [0.2, 0.25) is 5.02 Å². The number of hydrogen-bond donors (Lipinski definition) is 2. The predicted molar refractivity (Wildman–Crippen MR) is 82.8 cm³/mol. The number of hydrogen-bond acceptors (Lipinski definition) is 3. The molecule has 5 heteroatoms. The molecule has 0 saturated heterocycles. The molecule has 2 atom stereocenters. The van der Waals surface area contributed by atoms with Crippen molar-refractivity contribution in [1.82, 2.24) is 10.6 Å². The molecule has 0 bridgehead atoms. The zero-order valence-corrected chi connectivity index (χ0v) is 13.1. The van der Waals surface area contributed by atoms with Crippen molar-refractivity contribution in [3.8, 4) is 6.07 Å². The molecular weight excluding hydrogens is 286 g/mol. The molecule has 1 saturated carbocycles. The lowest BCUT2D eigenvalue weighted by Crippen LogP contribution is -2.49. The van der Waals surface area contributed by atoms with Gasteiger partial charge in [-0.15, -0.1) is 0 Å². The lowest BCUT2D eigenvalue weighted by molar-refractivity contribution is -0.121. The average Bonchev–Trinajstić information content (AvgIpc) is 3.30. The standard InChI is InChI=1S/C16H20ClN3O/c1-11(12-3-7-14(17)8-4-12)19-9-15(21)20-16(2,10-18)13-5-6-13/h3-4,7-8,11,13,19H,5-6,9H2,1-2H3,(H,20,21)/t11-,16+/m1/s1. The second-order valence-electron chi connectivity index (χ2n) is 5.79. The molecular formula is C16H20ClN3O. The van der Waals surface area contributed by atoms with E-state index in [1.54, 1.807) is 6.92 Å². The quantitative estimate of drug-likeness (QED) is 0.849. The highest BCUT2D eigenvalue weighted by Crippen LogP contribution is 2.39. The van der Waals surface area contributed by atoms with Crippen molar-refractivity contribution in [2.24, 2.45) is 5.92 Å². The van der Waals surface area contributed by atoms with E-state index in [4.69, 9.17) is 11.6 Å². The van der Waals surface area contributed by atoms with Crippen LogP contribution in [-0.2, 0) is 4.79 Å². The summed E-state index contributed by atoms with van der Waals surface area (Å²) in [7, 11) is 0. The summed E-state index contributed by atoms with van der Waals surface area (Å²) in [6, 6.07) is 9.79. The number of carbonyl (C=O) groups is 1. The van der Waals surface area contributed by atoms with Gasteiger partial charge in [-0.25, -0.2) is 0 Å². The van der Waals surface area contributed by atoms with Gasteiger partial charge in [-0.1, -0.05) is 23.7 Å². The Balaban J connectivity index is 1.83. The topological polar surface area (TPSA) is 64.9 Å². The van der Waals surface area contributed by atoms with E-state index in [1.165, 1.54) is 0 Å². The van der Waals surface area contributed by atoms with Crippen LogP contribution in [0, 0.1) is 17.2 Å². The van der Waals surface area contributed by atoms with Crippen LogP contribution < -0.4 is 10.6 Å². The second kappa shape index (κ2) is 6.46. The van der Waals surface area contributed by atoms with E-state index in [1.807, 2.05) is 31.2 Å². The van der Waals surface area contributed by atoms with Crippen LogP contribution in [0.4, 0.5) is 0 Å². The maximum Gasteiger partial charge on any atom is 0.235 e. The molecule has 2 rings (SSSR count). The lowest BCUT2D eigenvalue weighted by atomic mass is 9.98. The Labute approximate surface area is 130 Å². The molecule has 0 heterocycles. The van der Waals surface area contributed by atoms with Crippen molar-refractivity contribution in [1.29, 1.82) is 5.26 Å². The summed E-state index contributed by atoms with van der Waals surface area (Å²) in [5, 5.41) is 15.9. The predicted octanol–water partition coefficient (Wildman–Crippen LogP) is 2.80. The van der Waals surface area contributed by atoms with E-state index in [0.29, 0.717) is 10.9 Å². The molecule has 0 unspecified atom stereocenters. The van der Waals surface area contributed by atoms with E-state index >= 15 is 0 Å². The second-order valence-corrected chi connectivity index (χ2v) is 6.23. The Morgan fingerprint density at radius 3 is 2.62 bits per heavy atom. The maximum absolute atomic E-state index is 12.0. The number of rotatable bonds is 6. The number of amides is 1. The maximum atomic E-state index is 12.0. The van der Waals surface area contributed by atoms with Gasteiger partial charge in [0.05, 0.1) is 12.6 Å². The highest BCUT2D eigenvalue weighted by Gasteiger charge is 2.42. The summed E-state index contributed by atoms with van der Waals surface area (Å²) in [5.74, 6) is 0.145. The minimum atomic E-state index is -0.734. The Kier molecular flexibility index (Phi) is 4.87. The summed E-state index contributed by atoms with van der Waals surface area (Å²) < 4.78 is 0. The molecule has 1 amide bonds. The molecule has 4 nitrogen and oxygen atoms in total. The smallest absolute Gasteiger partial charge is 0.235 e. The first kappa shape index (κ1) is 15.8. The molecule has 1 aliphatic carbocycles. The molecule has 0 spiro atoms. The van der Waals surface area contributed by atoms with Crippen LogP contribution >= 0.6 is 11.6 Å². The van der Waals surface area contributed by atoms with Crippen molar-refractivity contribution in [3.63, 3.8) is 0 Å². The first-order valence-corrected chi connectivity index (χ1v) is 7.53. The number of benzene rings is 1. The van der Waals surface area contributed by atoms with E-state index in [2.05, 4.69) is 16.7 Å². The number of nitrogens with zero attached hydrogens (tertiary/aromatic N) is 1. The fraction of sp³-hybridized carbons (Fsp3) is 0.500. The summed E-state index contributed by atoms with van der Waals surface area (Å²) in [6.45, 7) is 3.97. The highest BCUT2D eigenvalue weighted by atomic mass is 35.5. The van der Waals surface area contributed by atoms with Crippen molar-refractivity contribution in [3.05, 3.63) is 34.9 Å². The largest absolute Gasteiger partial charge is 0.337 e. The average molecular weight is 306 g/mol. The van der Waals surface area contributed by atoms with Gasteiger partial charge in [-0.3, -0.25) is 4.79 Å². The normalized spacial score (nSPS) is 18.4. The molecule has 112 valence electrons. The first-order chi connectivity index (χ1) is 9.94. The van der Waals surface area contributed by atoms with Crippen LogP contribution in [0.5, 0.6) is 0 Å². The number of nitrogens with one attached hydrogen (secondary N) is 2. The number of nitriles is 1. The van der Waals surface area contributed by atoms with Gasteiger partial charge in [-0.05, 0) is 50.3 Å². The summed E-state index contributed by atoms with van der Waals surface area (Å²) in [6.07, 6.45) is 2.03. The first-order valence-electron chi connectivity index (χ1n) is 7.16. The molecule has 1 fully saturated rings. The van der Waals surface area contributed by atoms with Gasteiger partial charge in [0.1, 0.15) is 5.54 Å². The zero-order valence-electron chi connectivity index (χ0n) is 12.3. The highest BCUT2D eigenvalue weighted by molar-refractivity contribution is 6.30. The third-order valence-electron chi connectivity index (χ3n) is 3.96. The fourth-order valence-electron chi connectivity index (χ4n) is 2.33. The van der Waals surface area contributed by atoms with Crippen LogP contribution in [0.3, 0.4) is 0 Å². The molecule has 0 radical (unpaired) electrons. The third-order valence-corrected chi connectivity index (χ3v) is 4.22. The van der Waals surface area contributed by atoms with Gasteiger partial charge >= 0.3 is 0 Å².